The molecular weight excluding hydrogens is 295 g/mol. The van der Waals surface area contributed by atoms with Gasteiger partial charge in [-0.25, -0.2) is 4.39 Å². The molecule has 118 valence electrons. The lowest BCUT2D eigenvalue weighted by Crippen LogP contribution is -2.36. The highest BCUT2D eigenvalue weighted by molar-refractivity contribution is 6.09. The van der Waals surface area contributed by atoms with E-state index in [2.05, 4.69) is 5.32 Å². The van der Waals surface area contributed by atoms with Gasteiger partial charge >= 0.3 is 0 Å². The van der Waals surface area contributed by atoms with Gasteiger partial charge in [0.15, 0.2) is 0 Å². The van der Waals surface area contributed by atoms with E-state index in [0.29, 0.717) is 25.2 Å². The SMILES string of the molecule is O=C(NCc1ccccc1)[C@H]1CCN(c2ccc(F)cc2)C1=O. The van der Waals surface area contributed by atoms with Crippen LogP contribution in [0.15, 0.2) is 54.6 Å². The number of carbonyl (C=O) groups is 2. The molecule has 1 aliphatic heterocycles. The van der Waals surface area contributed by atoms with Gasteiger partial charge < -0.3 is 10.2 Å². The van der Waals surface area contributed by atoms with Crippen molar-refractivity contribution in [3.63, 3.8) is 0 Å². The first kappa shape index (κ1) is 15.2. The van der Waals surface area contributed by atoms with Crippen LogP contribution in [0.5, 0.6) is 0 Å². The number of carbonyl (C=O) groups excluding carboxylic acids is 2. The first-order chi connectivity index (χ1) is 11.1. The molecule has 1 N–H and O–H groups in total. The highest BCUT2D eigenvalue weighted by Gasteiger charge is 2.37. The van der Waals surface area contributed by atoms with Crippen LogP contribution in [0.25, 0.3) is 0 Å². The van der Waals surface area contributed by atoms with E-state index >= 15 is 0 Å². The minimum absolute atomic E-state index is 0.234. The van der Waals surface area contributed by atoms with Gasteiger partial charge in [-0.2, -0.15) is 0 Å². The molecule has 1 aliphatic rings. The zero-order valence-corrected chi connectivity index (χ0v) is 12.5. The number of halogens is 1. The molecule has 4 nitrogen and oxygen atoms in total. The van der Waals surface area contributed by atoms with Crippen LogP contribution in [0.3, 0.4) is 0 Å². The monoisotopic (exact) mass is 312 g/mol. The molecule has 2 amide bonds. The average molecular weight is 312 g/mol. The summed E-state index contributed by atoms with van der Waals surface area (Å²) in [7, 11) is 0. The van der Waals surface area contributed by atoms with Crippen molar-refractivity contribution in [2.45, 2.75) is 13.0 Å². The highest BCUT2D eigenvalue weighted by Crippen LogP contribution is 2.25. The molecule has 0 saturated carbocycles. The van der Waals surface area contributed by atoms with Crippen molar-refractivity contribution in [3.8, 4) is 0 Å². The average Bonchev–Trinajstić information content (AvgIpc) is 2.96. The Morgan fingerprint density at radius 2 is 1.83 bits per heavy atom. The minimum Gasteiger partial charge on any atom is -0.351 e. The van der Waals surface area contributed by atoms with Crippen LogP contribution in [0.1, 0.15) is 12.0 Å². The Hall–Kier alpha value is -2.69. The largest absolute Gasteiger partial charge is 0.351 e. The third-order valence-electron chi connectivity index (χ3n) is 3.97. The van der Waals surface area contributed by atoms with E-state index in [4.69, 9.17) is 0 Å². The van der Waals surface area contributed by atoms with Crippen LogP contribution in [-0.2, 0) is 16.1 Å². The molecule has 1 heterocycles. The minimum atomic E-state index is -0.677. The number of amides is 2. The predicted octanol–water partition coefficient (Wildman–Crippen LogP) is 2.50. The number of hydrogen-bond donors (Lipinski definition) is 1. The third kappa shape index (κ3) is 3.39. The van der Waals surface area contributed by atoms with E-state index in [9.17, 15) is 14.0 Å². The summed E-state index contributed by atoms with van der Waals surface area (Å²) in [6.45, 7) is 0.869. The first-order valence-corrected chi connectivity index (χ1v) is 7.54. The smallest absolute Gasteiger partial charge is 0.239 e. The number of anilines is 1. The fourth-order valence-corrected chi connectivity index (χ4v) is 2.71. The molecule has 0 spiro atoms. The van der Waals surface area contributed by atoms with Crippen molar-refractivity contribution < 1.29 is 14.0 Å². The maximum atomic E-state index is 13.0. The number of hydrogen-bond acceptors (Lipinski definition) is 2. The molecule has 23 heavy (non-hydrogen) atoms. The lowest BCUT2D eigenvalue weighted by Gasteiger charge is -2.16. The van der Waals surface area contributed by atoms with Gasteiger partial charge in [-0.15, -0.1) is 0 Å². The van der Waals surface area contributed by atoms with Gasteiger partial charge in [0, 0.05) is 18.8 Å². The van der Waals surface area contributed by atoms with Crippen molar-refractivity contribution >= 4 is 17.5 Å². The molecule has 1 fully saturated rings. The molecule has 2 aromatic rings. The Balaban J connectivity index is 1.62. The fourth-order valence-electron chi connectivity index (χ4n) is 2.71. The Morgan fingerprint density at radius 1 is 1.13 bits per heavy atom. The molecular formula is C18H17FN2O2. The summed E-state index contributed by atoms with van der Waals surface area (Å²) in [6, 6.07) is 15.3. The fraction of sp³-hybridized carbons (Fsp3) is 0.222. The Labute approximate surface area is 133 Å². The predicted molar refractivity (Wildman–Crippen MR) is 85.1 cm³/mol. The topological polar surface area (TPSA) is 49.4 Å². The van der Waals surface area contributed by atoms with E-state index in [1.165, 1.54) is 17.0 Å². The van der Waals surface area contributed by atoms with Crippen molar-refractivity contribution in [2.24, 2.45) is 5.92 Å². The van der Waals surface area contributed by atoms with Crippen LogP contribution in [0.2, 0.25) is 0 Å². The van der Waals surface area contributed by atoms with Crippen LogP contribution in [-0.4, -0.2) is 18.4 Å². The van der Waals surface area contributed by atoms with Crippen molar-refractivity contribution in [1.29, 1.82) is 0 Å². The lowest BCUT2D eigenvalue weighted by molar-refractivity contribution is -0.132. The van der Waals surface area contributed by atoms with Crippen molar-refractivity contribution in [2.75, 3.05) is 11.4 Å². The van der Waals surface area contributed by atoms with Crippen molar-refractivity contribution in [3.05, 3.63) is 66.0 Å². The van der Waals surface area contributed by atoms with Gasteiger partial charge in [0.05, 0.1) is 0 Å². The summed E-state index contributed by atoms with van der Waals surface area (Å²) in [5.74, 6) is -1.52. The first-order valence-electron chi connectivity index (χ1n) is 7.54. The maximum Gasteiger partial charge on any atom is 0.239 e. The van der Waals surface area contributed by atoms with E-state index < -0.39 is 5.92 Å². The second-order valence-corrected chi connectivity index (χ2v) is 5.51. The lowest BCUT2D eigenvalue weighted by atomic mass is 10.1. The normalized spacial score (nSPS) is 17.3. The van der Waals surface area contributed by atoms with Gasteiger partial charge in [-0.1, -0.05) is 30.3 Å². The van der Waals surface area contributed by atoms with Gasteiger partial charge in [-0.3, -0.25) is 9.59 Å². The Morgan fingerprint density at radius 3 is 2.52 bits per heavy atom. The zero-order valence-electron chi connectivity index (χ0n) is 12.5. The van der Waals surface area contributed by atoms with Gasteiger partial charge in [0.1, 0.15) is 11.7 Å². The summed E-state index contributed by atoms with van der Waals surface area (Å²) < 4.78 is 13.0. The van der Waals surface area contributed by atoms with E-state index in [1.54, 1.807) is 12.1 Å². The summed E-state index contributed by atoms with van der Waals surface area (Å²) in [4.78, 5) is 26.2. The Bertz CT molecular complexity index is 701. The summed E-state index contributed by atoms with van der Waals surface area (Å²) >= 11 is 0. The molecule has 1 atom stereocenters. The molecule has 0 aromatic heterocycles. The molecule has 0 radical (unpaired) electrons. The number of benzene rings is 2. The number of rotatable bonds is 4. The molecule has 2 aromatic carbocycles. The molecule has 5 heteroatoms. The maximum absolute atomic E-state index is 13.0. The van der Waals surface area contributed by atoms with Crippen LogP contribution in [0.4, 0.5) is 10.1 Å². The highest BCUT2D eigenvalue weighted by atomic mass is 19.1. The Kier molecular flexibility index (Phi) is 4.37. The summed E-state index contributed by atoms with van der Waals surface area (Å²) in [5.41, 5.74) is 1.61. The van der Waals surface area contributed by atoms with Crippen LogP contribution >= 0.6 is 0 Å². The summed E-state index contributed by atoms with van der Waals surface area (Å²) in [6.07, 6.45) is 0.469. The molecule has 0 aliphatic carbocycles. The third-order valence-corrected chi connectivity index (χ3v) is 3.97. The van der Waals surface area contributed by atoms with Crippen LogP contribution in [0, 0.1) is 11.7 Å². The number of nitrogens with zero attached hydrogens (tertiary/aromatic N) is 1. The second-order valence-electron chi connectivity index (χ2n) is 5.51. The summed E-state index contributed by atoms with van der Waals surface area (Å²) in [5, 5.41) is 2.81. The van der Waals surface area contributed by atoms with Gasteiger partial charge in [-0.05, 0) is 36.2 Å². The van der Waals surface area contributed by atoms with Gasteiger partial charge in [0.2, 0.25) is 11.8 Å². The van der Waals surface area contributed by atoms with E-state index in [-0.39, 0.29) is 17.6 Å². The zero-order chi connectivity index (χ0) is 16.2. The second kappa shape index (κ2) is 6.60. The molecule has 1 saturated heterocycles. The van der Waals surface area contributed by atoms with Crippen molar-refractivity contribution in [1.82, 2.24) is 5.32 Å². The van der Waals surface area contributed by atoms with Crippen LogP contribution < -0.4 is 10.2 Å². The number of nitrogens with one attached hydrogen (secondary N) is 1. The standard InChI is InChI=1S/C18H17FN2O2/c19-14-6-8-15(9-7-14)21-11-10-16(18(21)23)17(22)20-12-13-4-2-1-3-5-13/h1-9,16H,10-12H2,(H,20,22)/t16-/m1/s1. The van der Waals surface area contributed by atoms with E-state index in [1.807, 2.05) is 30.3 Å². The molecule has 0 unspecified atom stereocenters. The molecule has 3 rings (SSSR count). The quantitative estimate of drug-likeness (QED) is 0.882. The van der Waals surface area contributed by atoms with Gasteiger partial charge in [0.25, 0.3) is 0 Å². The molecule has 0 bridgehead atoms. The van der Waals surface area contributed by atoms with E-state index in [0.717, 1.165) is 5.56 Å².